The summed E-state index contributed by atoms with van der Waals surface area (Å²) in [4.78, 5) is 14.0. The van der Waals surface area contributed by atoms with Gasteiger partial charge < -0.3 is 10.2 Å². The number of likely N-dealkylation sites (tertiary alicyclic amines) is 1. The SMILES string of the molecule is CCCC1CCN(C(=O)NC2CCCC2)C1. The number of nitrogens with one attached hydrogen (secondary N) is 1. The molecule has 3 heteroatoms. The molecule has 0 spiro atoms. The number of nitrogens with zero attached hydrogens (tertiary/aromatic N) is 1. The zero-order valence-corrected chi connectivity index (χ0v) is 10.4. The summed E-state index contributed by atoms with van der Waals surface area (Å²) in [5.74, 6) is 0.749. The van der Waals surface area contributed by atoms with Gasteiger partial charge >= 0.3 is 6.03 Å². The van der Waals surface area contributed by atoms with E-state index < -0.39 is 0 Å². The van der Waals surface area contributed by atoms with Gasteiger partial charge in [-0.1, -0.05) is 26.2 Å². The summed E-state index contributed by atoms with van der Waals surface area (Å²) < 4.78 is 0. The molecule has 1 atom stereocenters. The maximum Gasteiger partial charge on any atom is 0.317 e. The van der Waals surface area contributed by atoms with E-state index in [2.05, 4.69) is 12.2 Å². The van der Waals surface area contributed by atoms with Crippen LogP contribution in [-0.4, -0.2) is 30.1 Å². The van der Waals surface area contributed by atoms with Crippen LogP contribution in [0.2, 0.25) is 0 Å². The predicted octanol–water partition coefficient (Wildman–Crippen LogP) is 2.76. The molecule has 2 fully saturated rings. The largest absolute Gasteiger partial charge is 0.335 e. The quantitative estimate of drug-likeness (QED) is 0.785. The van der Waals surface area contributed by atoms with E-state index in [-0.39, 0.29) is 6.03 Å². The predicted molar refractivity (Wildman–Crippen MR) is 65.4 cm³/mol. The van der Waals surface area contributed by atoms with Crippen LogP contribution in [0.25, 0.3) is 0 Å². The lowest BCUT2D eigenvalue weighted by Gasteiger charge is -2.20. The highest BCUT2D eigenvalue weighted by Gasteiger charge is 2.27. The minimum absolute atomic E-state index is 0.186. The Kier molecular flexibility index (Phi) is 4.08. The molecule has 0 aromatic heterocycles. The first-order valence-electron chi connectivity index (χ1n) is 6.85. The van der Waals surface area contributed by atoms with Gasteiger partial charge in [-0.25, -0.2) is 4.79 Å². The number of hydrogen-bond acceptors (Lipinski definition) is 1. The lowest BCUT2D eigenvalue weighted by Crippen LogP contribution is -2.42. The van der Waals surface area contributed by atoms with Crippen molar-refractivity contribution in [3.63, 3.8) is 0 Å². The fraction of sp³-hybridized carbons (Fsp3) is 0.923. The highest BCUT2D eigenvalue weighted by Crippen LogP contribution is 2.22. The third-order valence-corrected chi connectivity index (χ3v) is 3.95. The smallest absolute Gasteiger partial charge is 0.317 e. The fourth-order valence-corrected chi connectivity index (χ4v) is 3.00. The van der Waals surface area contributed by atoms with E-state index in [4.69, 9.17) is 0 Å². The minimum Gasteiger partial charge on any atom is -0.335 e. The molecule has 1 unspecified atom stereocenters. The summed E-state index contributed by atoms with van der Waals surface area (Å²) in [5.41, 5.74) is 0. The Morgan fingerprint density at radius 1 is 1.31 bits per heavy atom. The number of rotatable bonds is 3. The van der Waals surface area contributed by atoms with Crippen molar-refractivity contribution in [3.8, 4) is 0 Å². The van der Waals surface area contributed by atoms with Crippen LogP contribution in [0.4, 0.5) is 4.79 Å². The van der Waals surface area contributed by atoms with Crippen LogP contribution in [0, 0.1) is 5.92 Å². The van der Waals surface area contributed by atoms with Crippen LogP contribution in [0.5, 0.6) is 0 Å². The van der Waals surface area contributed by atoms with Crippen molar-refractivity contribution in [2.45, 2.75) is 57.9 Å². The average molecular weight is 224 g/mol. The number of urea groups is 1. The second-order valence-electron chi connectivity index (χ2n) is 5.32. The molecule has 1 aliphatic heterocycles. The first kappa shape index (κ1) is 11.7. The molecule has 2 rings (SSSR count). The molecule has 0 aromatic carbocycles. The van der Waals surface area contributed by atoms with Gasteiger partial charge in [0.15, 0.2) is 0 Å². The molecule has 1 saturated heterocycles. The van der Waals surface area contributed by atoms with E-state index in [0.717, 1.165) is 19.0 Å². The summed E-state index contributed by atoms with van der Waals surface area (Å²) in [6.45, 7) is 4.16. The molecule has 2 aliphatic rings. The van der Waals surface area contributed by atoms with Crippen molar-refractivity contribution >= 4 is 6.03 Å². The second kappa shape index (κ2) is 5.55. The summed E-state index contributed by atoms with van der Waals surface area (Å²) in [5, 5.41) is 3.17. The minimum atomic E-state index is 0.186. The second-order valence-corrected chi connectivity index (χ2v) is 5.32. The zero-order chi connectivity index (χ0) is 11.4. The van der Waals surface area contributed by atoms with Gasteiger partial charge in [-0.3, -0.25) is 0 Å². The van der Waals surface area contributed by atoms with E-state index in [1.165, 1.54) is 44.9 Å². The summed E-state index contributed by atoms with van der Waals surface area (Å²) in [6, 6.07) is 0.642. The highest BCUT2D eigenvalue weighted by molar-refractivity contribution is 5.74. The normalized spacial score (nSPS) is 26.3. The van der Waals surface area contributed by atoms with E-state index in [1.54, 1.807) is 0 Å². The molecule has 16 heavy (non-hydrogen) atoms. The Morgan fingerprint density at radius 2 is 2.06 bits per heavy atom. The lowest BCUT2D eigenvalue weighted by molar-refractivity contribution is 0.202. The topological polar surface area (TPSA) is 32.3 Å². The first-order valence-corrected chi connectivity index (χ1v) is 6.85. The molecular weight excluding hydrogens is 200 g/mol. The standard InChI is InChI=1S/C13H24N2O/c1-2-5-11-8-9-15(10-11)13(16)14-12-6-3-4-7-12/h11-12H,2-10H2,1H3,(H,14,16). The number of carbonyl (C=O) groups excluding carboxylic acids is 1. The molecular formula is C13H24N2O. The summed E-state index contributed by atoms with van der Waals surface area (Å²) in [6.07, 6.45) is 8.63. The van der Waals surface area contributed by atoms with Gasteiger partial charge in [-0.2, -0.15) is 0 Å². The van der Waals surface area contributed by atoms with Gasteiger partial charge in [-0.05, 0) is 31.6 Å². The van der Waals surface area contributed by atoms with Gasteiger partial charge in [0.05, 0.1) is 0 Å². The molecule has 92 valence electrons. The van der Waals surface area contributed by atoms with E-state index in [1.807, 2.05) is 4.90 Å². The van der Waals surface area contributed by atoms with Gasteiger partial charge in [0.25, 0.3) is 0 Å². The zero-order valence-electron chi connectivity index (χ0n) is 10.4. The van der Waals surface area contributed by atoms with Crippen LogP contribution < -0.4 is 5.32 Å². The molecule has 2 amide bonds. The van der Waals surface area contributed by atoms with Crippen molar-refractivity contribution in [2.75, 3.05) is 13.1 Å². The number of hydrogen-bond donors (Lipinski definition) is 1. The maximum absolute atomic E-state index is 12.0. The molecule has 1 aliphatic carbocycles. The van der Waals surface area contributed by atoms with Crippen LogP contribution >= 0.6 is 0 Å². The Hall–Kier alpha value is -0.730. The summed E-state index contributed by atoms with van der Waals surface area (Å²) in [7, 11) is 0. The molecule has 1 saturated carbocycles. The van der Waals surface area contributed by atoms with Crippen molar-refractivity contribution in [2.24, 2.45) is 5.92 Å². The molecule has 1 N–H and O–H groups in total. The Labute approximate surface area is 98.6 Å². The average Bonchev–Trinajstić information content (AvgIpc) is 2.89. The third kappa shape index (κ3) is 2.89. The van der Waals surface area contributed by atoms with E-state index in [0.29, 0.717) is 6.04 Å². The Balaban J connectivity index is 1.73. The van der Waals surface area contributed by atoms with E-state index in [9.17, 15) is 4.79 Å². The van der Waals surface area contributed by atoms with Crippen molar-refractivity contribution in [1.82, 2.24) is 10.2 Å². The lowest BCUT2D eigenvalue weighted by atomic mass is 10.0. The monoisotopic (exact) mass is 224 g/mol. The molecule has 0 bridgehead atoms. The van der Waals surface area contributed by atoms with Gasteiger partial charge in [0.1, 0.15) is 0 Å². The molecule has 3 nitrogen and oxygen atoms in total. The molecule has 0 aromatic rings. The third-order valence-electron chi connectivity index (χ3n) is 3.95. The van der Waals surface area contributed by atoms with Crippen molar-refractivity contribution in [1.29, 1.82) is 0 Å². The van der Waals surface area contributed by atoms with Gasteiger partial charge in [0, 0.05) is 19.1 Å². The van der Waals surface area contributed by atoms with Crippen LogP contribution in [0.15, 0.2) is 0 Å². The molecule has 0 radical (unpaired) electrons. The maximum atomic E-state index is 12.0. The van der Waals surface area contributed by atoms with Crippen LogP contribution in [0.3, 0.4) is 0 Å². The van der Waals surface area contributed by atoms with Crippen LogP contribution in [0.1, 0.15) is 51.9 Å². The van der Waals surface area contributed by atoms with Crippen molar-refractivity contribution < 1.29 is 4.79 Å². The summed E-state index contributed by atoms with van der Waals surface area (Å²) >= 11 is 0. The Bertz CT molecular complexity index is 236. The van der Waals surface area contributed by atoms with Crippen LogP contribution in [-0.2, 0) is 0 Å². The first-order chi connectivity index (χ1) is 7.79. The number of amides is 2. The Morgan fingerprint density at radius 3 is 2.75 bits per heavy atom. The van der Waals surface area contributed by atoms with Gasteiger partial charge in [0.2, 0.25) is 0 Å². The molecule has 1 heterocycles. The number of carbonyl (C=O) groups is 1. The van der Waals surface area contributed by atoms with E-state index >= 15 is 0 Å². The van der Waals surface area contributed by atoms with Gasteiger partial charge in [-0.15, -0.1) is 0 Å². The highest BCUT2D eigenvalue weighted by atomic mass is 16.2. The van der Waals surface area contributed by atoms with Crippen molar-refractivity contribution in [3.05, 3.63) is 0 Å². The fourth-order valence-electron chi connectivity index (χ4n) is 3.00.